The third kappa shape index (κ3) is 3.82. The Bertz CT molecular complexity index is 785. The van der Waals surface area contributed by atoms with Gasteiger partial charge in [-0.25, -0.2) is 0 Å². The average Bonchev–Trinajstić information content (AvgIpc) is 2.94. The lowest BCUT2D eigenvalue weighted by Crippen LogP contribution is -2.23. The zero-order chi connectivity index (χ0) is 18.8. The Labute approximate surface area is 160 Å². The summed E-state index contributed by atoms with van der Waals surface area (Å²) in [5.41, 5.74) is 3.19. The molecule has 1 aromatic carbocycles. The first-order chi connectivity index (χ1) is 13.2. The van der Waals surface area contributed by atoms with Gasteiger partial charge in [0.25, 0.3) is 0 Å². The van der Waals surface area contributed by atoms with Gasteiger partial charge in [-0.2, -0.15) is 5.10 Å². The maximum absolute atomic E-state index is 10.6. The van der Waals surface area contributed by atoms with Crippen LogP contribution in [0.3, 0.4) is 0 Å². The summed E-state index contributed by atoms with van der Waals surface area (Å²) in [5.74, 6) is 2.05. The van der Waals surface area contributed by atoms with Crippen LogP contribution in [0.25, 0.3) is 0 Å². The van der Waals surface area contributed by atoms with Crippen LogP contribution in [-0.4, -0.2) is 40.6 Å². The van der Waals surface area contributed by atoms with Gasteiger partial charge >= 0.3 is 0 Å². The molecule has 1 fully saturated rings. The first kappa shape index (κ1) is 18.3. The highest BCUT2D eigenvalue weighted by Crippen LogP contribution is 2.37. The van der Waals surface area contributed by atoms with E-state index < -0.39 is 6.10 Å². The highest BCUT2D eigenvalue weighted by Gasteiger charge is 2.29. The first-order valence-electron chi connectivity index (χ1n) is 9.86. The number of methoxy groups -OCH3 is 2. The summed E-state index contributed by atoms with van der Waals surface area (Å²) in [4.78, 5) is 2.42. The van der Waals surface area contributed by atoms with Crippen LogP contribution in [0.2, 0.25) is 0 Å². The fraction of sp³-hybridized carbons (Fsp3) is 0.571. The largest absolute Gasteiger partial charge is 0.497 e. The molecule has 6 heteroatoms. The fourth-order valence-corrected chi connectivity index (χ4v) is 4.05. The Balaban J connectivity index is 1.49. The molecule has 0 bridgehead atoms. The second kappa shape index (κ2) is 7.90. The van der Waals surface area contributed by atoms with Gasteiger partial charge in [-0.15, -0.1) is 0 Å². The van der Waals surface area contributed by atoms with Crippen LogP contribution in [0, 0.1) is 5.92 Å². The minimum Gasteiger partial charge on any atom is -0.497 e. The maximum Gasteiger partial charge on any atom is 0.127 e. The van der Waals surface area contributed by atoms with E-state index in [1.165, 1.54) is 12.1 Å². The molecule has 1 unspecified atom stereocenters. The van der Waals surface area contributed by atoms with Gasteiger partial charge in [-0.3, -0.25) is 9.58 Å². The molecule has 1 aliphatic heterocycles. The zero-order valence-corrected chi connectivity index (χ0v) is 16.2. The quantitative estimate of drug-likeness (QED) is 0.845. The fourth-order valence-electron chi connectivity index (χ4n) is 4.05. The lowest BCUT2D eigenvalue weighted by Gasteiger charge is -2.29. The van der Waals surface area contributed by atoms with Crippen LogP contribution in [0.1, 0.15) is 48.7 Å². The van der Waals surface area contributed by atoms with Crippen molar-refractivity contribution in [2.45, 2.75) is 51.4 Å². The number of hydrogen-bond acceptors (Lipinski definition) is 5. The van der Waals surface area contributed by atoms with Crippen molar-refractivity contribution in [2.24, 2.45) is 5.92 Å². The summed E-state index contributed by atoms with van der Waals surface area (Å²) in [6.45, 7) is 3.57. The van der Waals surface area contributed by atoms with Crippen LogP contribution in [0.15, 0.2) is 24.3 Å². The van der Waals surface area contributed by atoms with E-state index in [0.29, 0.717) is 5.92 Å². The number of aromatic nitrogens is 2. The molecule has 1 saturated carbocycles. The Kier molecular flexibility index (Phi) is 5.36. The summed E-state index contributed by atoms with van der Waals surface area (Å²) < 4.78 is 12.9. The minimum atomic E-state index is -0.409. The summed E-state index contributed by atoms with van der Waals surface area (Å²) >= 11 is 0. The summed E-state index contributed by atoms with van der Waals surface area (Å²) in [6, 6.07) is 8.09. The average molecular weight is 371 g/mol. The van der Waals surface area contributed by atoms with Crippen molar-refractivity contribution in [2.75, 3.05) is 20.8 Å². The van der Waals surface area contributed by atoms with E-state index in [0.717, 1.165) is 68.2 Å². The number of rotatable bonds is 6. The van der Waals surface area contributed by atoms with Crippen molar-refractivity contribution in [1.29, 1.82) is 0 Å². The van der Waals surface area contributed by atoms with Gasteiger partial charge in [0.2, 0.25) is 0 Å². The normalized spacial score (nSPS) is 19.1. The van der Waals surface area contributed by atoms with Crippen molar-refractivity contribution < 1.29 is 14.6 Å². The molecule has 27 heavy (non-hydrogen) atoms. The van der Waals surface area contributed by atoms with Gasteiger partial charge < -0.3 is 14.6 Å². The van der Waals surface area contributed by atoms with Gasteiger partial charge in [0.1, 0.15) is 17.6 Å². The topological polar surface area (TPSA) is 59.8 Å². The van der Waals surface area contributed by atoms with Crippen molar-refractivity contribution in [1.82, 2.24) is 14.7 Å². The Hall–Kier alpha value is -2.05. The monoisotopic (exact) mass is 371 g/mol. The lowest BCUT2D eigenvalue weighted by atomic mass is 9.80. The molecule has 1 aromatic heterocycles. The van der Waals surface area contributed by atoms with Gasteiger partial charge in [-0.1, -0.05) is 12.5 Å². The van der Waals surface area contributed by atoms with Crippen LogP contribution in [0.4, 0.5) is 0 Å². The Morgan fingerprint density at radius 2 is 2.00 bits per heavy atom. The zero-order valence-electron chi connectivity index (χ0n) is 16.2. The smallest absolute Gasteiger partial charge is 0.127 e. The molecule has 146 valence electrons. The van der Waals surface area contributed by atoms with E-state index in [1.807, 2.05) is 12.1 Å². The summed E-state index contributed by atoms with van der Waals surface area (Å²) in [6.07, 6.45) is 4.10. The highest BCUT2D eigenvalue weighted by molar-refractivity contribution is 5.40. The number of aryl methyl sites for hydroxylation is 1. The molecule has 2 aliphatic rings. The molecule has 1 aliphatic carbocycles. The summed E-state index contributed by atoms with van der Waals surface area (Å²) in [7, 11) is 3.36. The highest BCUT2D eigenvalue weighted by atomic mass is 16.5. The van der Waals surface area contributed by atoms with Crippen LogP contribution >= 0.6 is 0 Å². The maximum atomic E-state index is 10.6. The van der Waals surface area contributed by atoms with Crippen LogP contribution in [-0.2, 0) is 19.6 Å². The molecule has 6 nitrogen and oxygen atoms in total. The van der Waals surface area contributed by atoms with E-state index >= 15 is 0 Å². The summed E-state index contributed by atoms with van der Waals surface area (Å²) in [5, 5.41) is 15.3. The molecule has 1 atom stereocenters. The molecular formula is C21H29N3O3. The van der Waals surface area contributed by atoms with Gasteiger partial charge in [0, 0.05) is 37.8 Å². The van der Waals surface area contributed by atoms with Gasteiger partial charge in [0.15, 0.2) is 0 Å². The van der Waals surface area contributed by atoms with E-state index in [9.17, 15) is 5.11 Å². The van der Waals surface area contributed by atoms with E-state index in [-0.39, 0.29) is 0 Å². The number of fused-ring (bicyclic) bond motifs is 1. The molecule has 4 rings (SSSR count). The van der Waals surface area contributed by atoms with Crippen molar-refractivity contribution >= 4 is 0 Å². The molecule has 0 saturated heterocycles. The van der Waals surface area contributed by atoms with Crippen molar-refractivity contribution in [3.8, 4) is 11.5 Å². The number of aliphatic hydroxyl groups is 1. The predicted molar refractivity (Wildman–Crippen MR) is 103 cm³/mol. The standard InChI is InChI=1S/C21H29N3O3/c1-26-18-8-7-16(20(12-18)27-2)13-23-9-4-10-24-17(14-23)11-19(22-24)21(25)15-5-3-6-15/h7-8,11-12,15,21,25H,3-6,9-10,13-14H2,1-2H3. The minimum absolute atomic E-state index is 0.392. The van der Waals surface area contributed by atoms with Crippen molar-refractivity contribution in [3.63, 3.8) is 0 Å². The van der Waals surface area contributed by atoms with E-state index in [1.54, 1.807) is 14.2 Å². The number of benzene rings is 1. The SMILES string of the molecule is COc1ccc(CN2CCCn3nc(C(O)C4CCC4)cc3C2)c(OC)c1. The molecule has 0 spiro atoms. The van der Waals surface area contributed by atoms with E-state index in [2.05, 4.69) is 21.7 Å². The third-order valence-electron chi connectivity index (χ3n) is 5.90. The predicted octanol–water partition coefficient (Wildman–Crippen LogP) is 3.14. The molecule has 0 radical (unpaired) electrons. The van der Waals surface area contributed by atoms with Crippen LogP contribution in [0.5, 0.6) is 11.5 Å². The number of hydrogen-bond donors (Lipinski definition) is 1. The van der Waals surface area contributed by atoms with Gasteiger partial charge in [0.05, 0.1) is 25.6 Å². The first-order valence-corrected chi connectivity index (χ1v) is 9.86. The molecule has 2 aromatic rings. The molecule has 1 N–H and O–H groups in total. The van der Waals surface area contributed by atoms with E-state index in [4.69, 9.17) is 14.6 Å². The molecule has 2 heterocycles. The molecule has 0 amide bonds. The third-order valence-corrected chi connectivity index (χ3v) is 5.90. The lowest BCUT2D eigenvalue weighted by molar-refractivity contribution is 0.0581. The van der Waals surface area contributed by atoms with Crippen LogP contribution < -0.4 is 9.47 Å². The Morgan fingerprint density at radius 3 is 2.70 bits per heavy atom. The number of nitrogens with zero attached hydrogens (tertiary/aromatic N) is 3. The van der Waals surface area contributed by atoms with Gasteiger partial charge in [-0.05, 0) is 37.3 Å². The second-order valence-corrected chi connectivity index (χ2v) is 7.66. The molecular weight excluding hydrogens is 342 g/mol. The van der Waals surface area contributed by atoms with Crippen molar-refractivity contribution in [3.05, 3.63) is 41.2 Å². The Morgan fingerprint density at radius 1 is 1.15 bits per heavy atom. The number of ether oxygens (including phenoxy) is 2. The number of aliphatic hydroxyl groups excluding tert-OH is 1. The second-order valence-electron chi connectivity index (χ2n) is 7.66.